The van der Waals surface area contributed by atoms with Crippen LogP contribution in [-0.2, 0) is 15.7 Å². The number of alkyl halides is 3. The maximum Gasteiger partial charge on any atom is 0.434 e. The first-order valence-corrected chi connectivity index (χ1v) is 9.25. The molecule has 0 unspecified atom stereocenters. The van der Waals surface area contributed by atoms with Crippen molar-refractivity contribution in [3.8, 4) is 5.88 Å². The minimum atomic E-state index is -4.70. The molecular weight excluding hydrogens is 439 g/mol. The fourth-order valence-corrected chi connectivity index (χ4v) is 3.33. The van der Waals surface area contributed by atoms with Gasteiger partial charge >= 0.3 is 6.18 Å². The lowest BCUT2D eigenvalue weighted by Crippen LogP contribution is -2.64. The van der Waals surface area contributed by atoms with Gasteiger partial charge in [0.1, 0.15) is 42.1 Å². The van der Waals surface area contributed by atoms with Gasteiger partial charge in [-0.1, -0.05) is 6.58 Å². The van der Waals surface area contributed by atoms with Gasteiger partial charge in [-0.05, 0) is 6.07 Å². The number of hydrogen-bond donors (Lipinski definition) is 4. The summed E-state index contributed by atoms with van der Waals surface area (Å²) in [6, 6.07) is 1.70. The molecule has 4 rings (SSSR count). The van der Waals surface area contributed by atoms with Crippen LogP contribution in [0.2, 0.25) is 0 Å². The van der Waals surface area contributed by atoms with E-state index in [1.807, 2.05) is 0 Å². The highest BCUT2D eigenvalue weighted by molar-refractivity contribution is 5.50. The summed E-state index contributed by atoms with van der Waals surface area (Å²) in [5.74, 6) is -0.495. The van der Waals surface area contributed by atoms with Crippen LogP contribution in [-0.4, -0.2) is 78.8 Å². The van der Waals surface area contributed by atoms with E-state index in [1.165, 1.54) is 12.1 Å². The Hall–Kier alpha value is -3.07. The SMILES string of the molecule is C=C(O)c1ccc(OC[C@@]23CO[C@@H](O2)[C@H](Nc2cncc(C(F)(F)F)n2)[C@@H](O)[C@H]3O)nn1. The van der Waals surface area contributed by atoms with Gasteiger partial charge in [0, 0.05) is 6.07 Å². The van der Waals surface area contributed by atoms with E-state index in [9.17, 15) is 28.5 Å². The van der Waals surface area contributed by atoms with Crippen LogP contribution in [0, 0.1) is 0 Å². The van der Waals surface area contributed by atoms with Gasteiger partial charge in [-0.25, -0.2) is 4.98 Å². The average molecular weight is 457 g/mol. The average Bonchev–Trinajstić information content (AvgIpc) is 3.16. The number of nitrogens with one attached hydrogen (secondary N) is 1. The zero-order chi connectivity index (χ0) is 23.1. The predicted octanol–water partition coefficient (Wildman–Crippen LogP) is 0.521. The fraction of sp³-hybridized carbons (Fsp3) is 0.444. The molecule has 4 heterocycles. The Morgan fingerprint density at radius 1 is 1.28 bits per heavy atom. The van der Waals surface area contributed by atoms with E-state index in [2.05, 4.69) is 32.1 Å². The Labute approximate surface area is 178 Å². The quantitative estimate of drug-likeness (QED) is 0.449. The lowest BCUT2D eigenvalue weighted by molar-refractivity contribution is -0.222. The number of aliphatic hydroxyl groups is 3. The van der Waals surface area contributed by atoms with Crippen LogP contribution in [0.25, 0.3) is 5.76 Å². The standard InChI is InChI=1S/C18H18F3N5O6/c1-8(27)9-2-3-12(26-25-9)30-6-17-7-31-16(32-17)13(14(28)15(17)29)24-11-5-22-4-10(23-11)18(19,20)21/h2-5,13-16,27-29H,1,6-7H2,(H,23,24)/t13-,14-,15-,16+,17+/m1/s1. The molecule has 2 fully saturated rings. The van der Waals surface area contributed by atoms with Crippen LogP contribution in [0.3, 0.4) is 0 Å². The Morgan fingerprint density at radius 2 is 2.06 bits per heavy atom. The van der Waals surface area contributed by atoms with Crippen LogP contribution in [0.5, 0.6) is 5.88 Å². The van der Waals surface area contributed by atoms with Crippen molar-refractivity contribution in [1.82, 2.24) is 20.2 Å². The molecule has 0 aliphatic carbocycles. The van der Waals surface area contributed by atoms with Crippen LogP contribution >= 0.6 is 0 Å². The highest BCUT2D eigenvalue weighted by Crippen LogP contribution is 2.38. The highest BCUT2D eigenvalue weighted by Gasteiger charge is 2.60. The van der Waals surface area contributed by atoms with Crippen molar-refractivity contribution in [2.24, 2.45) is 0 Å². The fourth-order valence-electron chi connectivity index (χ4n) is 3.33. The second kappa shape index (κ2) is 8.12. The van der Waals surface area contributed by atoms with E-state index in [-0.39, 0.29) is 36.4 Å². The van der Waals surface area contributed by atoms with Crippen molar-refractivity contribution in [2.75, 3.05) is 18.5 Å². The topological polar surface area (TPSA) is 152 Å². The number of nitrogens with zero attached hydrogens (tertiary/aromatic N) is 4. The molecule has 0 amide bonds. The van der Waals surface area contributed by atoms with Crippen LogP contribution in [0.4, 0.5) is 19.0 Å². The van der Waals surface area contributed by atoms with Crippen LogP contribution < -0.4 is 10.1 Å². The minimum Gasteiger partial charge on any atom is -0.506 e. The zero-order valence-corrected chi connectivity index (χ0v) is 16.2. The van der Waals surface area contributed by atoms with Gasteiger partial charge in [-0.3, -0.25) is 4.98 Å². The molecule has 0 aromatic carbocycles. The van der Waals surface area contributed by atoms with Gasteiger partial charge in [0.25, 0.3) is 0 Å². The number of aromatic nitrogens is 4. The zero-order valence-electron chi connectivity index (χ0n) is 16.2. The number of halogens is 3. The molecule has 11 nitrogen and oxygen atoms in total. The molecule has 2 saturated heterocycles. The maximum absolute atomic E-state index is 12.9. The number of ether oxygens (including phenoxy) is 3. The normalized spacial score (nSPS) is 29.5. The third-order valence-electron chi connectivity index (χ3n) is 5.01. The summed E-state index contributed by atoms with van der Waals surface area (Å²) in [5.41, 5.74) is -2.53. The summed E-state index contributed by atoms with van der Waals surface area (Å²) < 4.78 is 55.3. The lowest BCUT2D eigenvalue weighted by Gasteiger charge is -2.42. The smallest absolute Gasteiger partial charge is 0.434 e. The monoisotopic (exact) mass is 457 g/mol. The second-order valence-corrected chi connectivity index (χ2v) is 7.25. The molecule has 0 spiro atoms. The summed E-state index contributed by atoms with van der Waals surface area (Å²) in [4.78, 5) is 6.92. The van der Waals surface area contributed by atoms with Crippen molar-refractivity contribution in [2.45, 2.75) is 36.3 Å². The first-order chi connectivity index (χ1) is 15.1. The van der Waals surface area contributed by atoms with E-state index in [4.69, 9.17) is 14.2 Å². The van der Waals surface area contributed by atoms with Crippen molar-refractivity contribution in [3.63, 3.8) is 0 Å². The molecule has 32 heavy (non-hydrogen) atoms. The molecule has 5 atom stereocenters. The van der Waals surface area contributed by atoms with Gasteiger partial charge in [0.15, 0.2) is 17.6 Å². The third kappa shape index (κ3) is 4.17. The van der Waals surface area contributed by atoms with Crippen LogP contribution in [0.1, 0.15) is 11.4 Å². The van der Waals surface area contributed by atoms with Gasteiger partial charge < -0.3 is 34.8 Å². The van der Waals surface area contributed by atoms with E-state index in [0.717, 1.165) is 6.20 Å². The molecule has 2 aliphatic rings. The predicted molar refractivity (Wildman–Crippen MR) is 99.2 cm³/mol. The number of fused-ring (bicyclic) bond motifs is 2. The van der Waals surface area contributed by atoms with Gasteiger partial charge in [-0.15, -0.1) is 10.2 Å². The van der Waals surface area contributed by atoms with E-state index >= 15 is 0 Å². The summed E-state index contributed by atoms with van der Waals surface area (Å²) in [5, 5.41) is 40.6. The number of aliphatic hydroxyl groups excluding tert-OH is 3. The lowest BCUT2D eigenvalue weighted by atomic mass is 9.88. The second-order valence-electron chi connectivity index (χ2n) is 7.25. The van der Waals surface area contributed by atoms with Crippen molar-refractivity contribution in [3.05, 3.63) is 42.5 Å². The Bertz CT molecular complexity index is 994. The van der Waals surface area contributed by atoms with E-state index < -0.39 is 42.0 Å². The van der Waals surface area contributed by atoms with Gasteiger partial charge in [0.2, 0.25) is 5.88 Å². The first-order valence-electron chi connectivity index (χ1n) is 9.25. The first kappa shape index (κ1) is 22.1. The molecule has 2 bridgehead atoms. The Balaban J connectivity index is 1.45. The van der Waals surface area contributed by atoms with Gasteiger partial charge in [0.05, 0.1) is 19.0 Å². The summed E-state index contributed by atoms with van der Waals surface area (Å²) in [7, 11) is 0. The number of anilines is 1. The summed E-state index contributed by atoms with van der Waals surface area (Å²) in [6.45, 7) is 2.88. The van der Waals surface area contributed by atoms with Crippen molar-refractivity contribution >= 4 is 11.6 Å². The number of rotatable bonds is 6. The molecule has 0 radical (unpaired) electrons. The number of hydrogen-bond acceptors (Lipinski definition) is 11. The molecule has 0 saturated carbocycles. The van der Waals surface area contributed by atoms with Crippen LogP contribution in [0.15, 0.2) is 31.1 Å². The highest BCUT2D eigenvalue weighted by atomic mass is 19.4. The molecular formula is C18H18F3N5O6. The van der Waals surface area contributed by atoms with E-state index in [1.54, 1.807) is 0 Å². The molecule has 4 N–H and O–H groups in total. The molecule has 172 valence electrons. The molecule has 2 aliphatic heterocycles. The molecule has 2 aromatic rings. The summed E-state index contributed by atoms with van der Waals surface area (Å²) >= 11 is 0. The Morgan fingerprint density at radius 3 is 2.72 bits per heavy atom. The Kier molecular flexibility index (Phi) is 5.62. The largest absolute Gasteiger partial charge is 0.506 e. The molecule has 2 aromatic heterocycles. The molecule has 14 heteroatoms. The van der Waals surface area contributed by atoms with Crippen molar-refractivity contribution in [1.29, 1.82) is 0 Å². The van der Waals surface area contributed by atoms with E-state index in [0.29, 0.717) is 6.20 Å². The summed E-state index contributed by atoms with van der Waals surface area (Å²) in [6.07, 6.45) is -7.23. The van der Waals surface area contributed by atoms with Gasteiger partial charge in [-0.2, -0.15) is 13.2 Å². The van der Waals surface area contributed by atoms with Crippen molar-refractivity contribution < 1.29 is 42.7 Å². The third-order valence-corrected chi connectivity index (χ3v) is 5.01. The maximum atomic E-state index is 12.9. The minimum absolute atomic E-state index is 0.0533.